The van der Waals surface area contributed by atoms with Gasteiger partial charge in [0.05, 0.1) is 17.8 Å². The number of fused-ring (bicyclic) bond motifs is 5. The molecule has 0 amide bonds. The van der Waals surface area contributed by atoms with Crippen molar-refractivity contribution in [3.8, 4) is 0 Å². The lowest BCUT2D eigenvalue weighted by atomic mass is 9.92. The Morgan fingerprint density at radius 3 is 2.22 bits per heavy atom. The molecule has 1 aromatic heterocycles. The average molecular weight is 237 g/mol. The van der Waals surface area contributed by atoms with Crippen LogP contribution in [-0.2, 0) is 0 Å². The highest BCUT2D eigenvalue weighted by Crippen LogP contribution is 2.54. The zero-order valence-corrected chi connectivity index (χ0v) is 10.4. The molecule has 1 fully saturated rings. The lowest BCUT2D eigenvalue weighted by Crippen LogP contribution is -2.21. The summed E-state index contributed by atoms with van der Waals surface area (Å²) in [5, 5.41) is 0. The Kier molecular flexibility index (Phi) is 1.98. The Bertz CT molecular complexity index is 577. The first-order valence-electron chi connectivity index (χ1n) is 6.51. The van der Waals surface area contributed by atoms with Gasteiger partial charge in [-0.1, -0.05) is 24.3 Å². The molecule has 3 nitrogen and oxygen atoms in total. The minimum absolute atomic E-state index is 0.501. The van der Waals surface area contributed by atoms with Crippen LogP contribution in [-0.4, -0.2) is 9.97 Å². The van der Waals surface area contributed by atoms with Crippen molar-refractivity contribution in [3.63, 3.8) is 0 Å². The Morgan fingerprint density at radius 2 is 1.61 bits per heavy atom. The van der Waals surface area contributed by atoms with E-state index in [1.165, 1.54) is 24.0 Å². The number of hydrogen-bond acceptors (Lipinski definition) is 3. The molecule has 18 heavy (non-hydrogen) atoms. The molecule has 4 rings (SSSR count). The largest absolute Gasteiger partial charge is 0.341 e. The quantitative estimate of drug-likeness (QED) is 0.762. The molecule has 2 unspecified atom stereocenters. The maximum Gasteiger partial charge on any atom is 0.151 e. The first-order chi connectivity index (χ1) is 8.86. The number of nitrogens with zero attached hydrogens (tertiary/aromatic N) is 3. The molecule has 0 N–H and O–H groups in total. The third-order valence-corrected chi connectivity index (χ3v) is 4.20. The minimum atomic E-state index is 0.501. The molecule has 2 atom stereocenters. The first-order valence-corrected chi connectivity index (χ1v) is 6.51. The number of aryl methyl sites for hydroxylation is 1. The first kappa shape index (κ1) is 10.1. The van der Waals surface area contributed by atoms with Crippen LogP contribution in [0.5, 0.6) is 0 Å². The van der Waals surface area contributed by atoms with Crippen LogP contribution in [0.15, 0.2) is 36.7 Å². The number of aromatic nitrogens is 2. The van der Waals surface area contributed by atoms with Crippen molar-refractivity contribution in [1.82, 2.24) is 9.97 Å². The van der Waals surface area contributed by atoms with Crippen molar-refractivity contribution < 1.29 is 0 Å². The molecular formula is C15H15N3. The minimum Gasteiger partial charge on any atom is -0.341 e. The second-order valence-corrected chi connectivity index (χ2v) is 5.11. The molecule has 2 aliphatic heterocycles. The van der Waals surface area contributed by atoms with Crippen molar-refractivity contribution in [2.24, 2.45) is 0 Å². The lowest BCUT2D eigenvalue weighted by Gasteiger charge is -2.24. The number of anilines is 1. The molecule has 2 aromatic rings. The van der Waals surface area contributed by atoms with Gasteiger partial charge in [-0.2, -0.15) is 0 Å². The normalized spacial score (nSPS) is 24.4. The molecule has 2 aliphatic rings. The summed E-state index contributed by atoms with van der Waals surface area (Å²) in [6.45, 7) is 2.05. The summed E-state index contributed by atoms with van der Waals surface area (Å²) in [6.07, 6.45) is 6.03. The van der Waals surface area contributed by atoms with Crippen molar-refractivity contribution in [1.29, 1.82) is 0 Å². The van der Waals surface area contributed by atoms with E-state index in [2.05, 4.69) is 39.1 Å². The topological polar surface area (TPSA) is 29.0 Å². The number of hydrogen-bond donors (Lipinski definition) is 0. The molecule has 3 heteroatoms. The van der Waals surface area contributed by atoms with Crippen LogP contribution in [0.2, 0.25) is 0 Å². The van der Waals surface area contributed by atoms with E-state index in [1.807, 2.05) is 6.92 Å². The maximum absolute atomic E-state index is 4.55. The van der Waals surface area contributed by atoms with E-state index in [-0.39, 0.29) is 0 Å². The van der Waals surface area contributed by atoms with Crippen LogP contribution in [0.4, 0.5) is 5.82 Å². The molecule has 0 saturated carbocycles. The molecule has 0 spiro atoms. The second kappa shape index (κ2) is 3.55. The van der Waals surface area contributed by atoms with Crippen molar-refractivity contribution in [2.45, 2.75) is 31.8 Å². The SMILES string of the molecule is Cc1nccnc1N1C2CCC1c1ccccc12. The third-order valence-electron chi connectivity index (χ3n) is 4.20. The summed E-state index contributed by atoms with van der Waals surface area (Å²) in [4.78, 5) is 11.4. The average Bonchev–Trinajstić information content (AvgIpc) is 2.96. The highest BCUT2D eigenvalue weighted by Gasteiger charge is 2.44. The molecule has 0 radical (unpaired) electrons. The summed E-state index contributed by atoms with van der Waals surface area (Å²) in [5.74, 6) is 1.06. The fourth-order valence-corrected chi connectivity index (χ4v) is 3.49. The Balaban J connectivity index is 1.86. The van der Waals surface area contributed by atoms with Crippen LogP contribution >= 0.6 is 0 Å². The predicted molar refractivity (Wildman–Crippen MR) is 70.4 cm³/mol. The van der Waals surface area contributed by atoms with Gasteiger partial charge in [-0.25, -0.2) is 4.98 Å². The van der Waals surface area contributed by atoms with Crippen molar-refractivity contribution >= 4 is 5.82 Å². The number of benzene rings is 1. The summed E-state index contributed by atoms with van der Waals surface area (Å²) in [7, 11) is 0. The fourth-order valence-electron chi connectivity index (χ4n) is 3.49. The van der Waals surface area contributed by atoms with Crippen molar-refractivity contribution in [2.75, 3.05) is 4.90 Å². The molecule has 3 heterocycles. The smallest absolute Gasteiger partial charge is 0.151 e. The van der Waals surface area contributed by atoms with E-state index in [4.69, 9.17) is 0 Å². The van der Waals surface area contributed by atoms with Crippen LogP contribution in [0, 0.1) is 6.92 Å². The van der Waals surface area contributed by atoms with Gasteiger partial charge >= 0.3 is 0 Å². The summed E-state index contributed by atoms with van der Waals surface area (Å²) in [6, 6.07) is 9.81. The summed E-state index contributed by atoms with van der Waals surface area (Å²) >= 11 is 0. The van der Waals surface area contributed by atoms with E-state index < -0.39 is 0 Å². The van der Waals surface area contributed by atoms with Gasteiger partial charge in [0.15, 0.2) is 5.82 Å². The Morgan fingerprint density at radius 1 is 1.00 bits per heavy atom. The second-order valence-electron chi connectivity index (χ2n) is 5.11. The van der Waals surface area contributed by atoms with Gasteiger partial charge in [0.25, 0.3) is 0 Å². The summed E-state index contributed by atoms with van der Waals surface area (Å²) in [5.41, 5.74) is 4.00. The van der Waals surface area contributed by atoms with E-state index in [9.17, 15) is 0 Å². The molecule has 90 valence electrons. The predicted octanol–water partition coefficient (Wildman–Crippen LogP) is 3.18. The third kappa shape index (κ3) is 1.19. The van der Waals surface area contributed by atoms with E-state index in [0.717, 1.165) is 11.5 Å². The van der Waals surface area contributed by atoms with Gasteiger partial charge in [-0.05, 0) is 30.9 Å². The molecular weight excluding hydrogens is 222 g/mol. The van der Waals surface area contributed by atoms with E-state index >= 15 is 0 Å². The van der Waals surface area contributed by atoms with Crippen LogP contribution < -0.4 is 4.90 Å². The molecule has 1 aromatic carbocycles. The fraction of sp³-hybridized carbons (Fsp3) is 0.333. The van der Waals surface area contributed by atoms with Crippen molar-refractivity contribution in [3.05, 3.63) is 53.5 Å². The number of rotatable bonds is 1. The molecule has 1 saturated heterocycles. The van der Waals surface area contributed by atoms with Gasteiger partial charge in [-0.3, -0.25) is 4.98 Å². The van der Waals surface area contributed by atoms with Gasteiger partial charge in [0, 0.05) is 12.4 Å². The van der Waals surface area contributed by atoms with Crippen LogP contribution in [0.3, 0.4) is 0 Å². The van der Waals surface area contributed by atoms with E-state index in [0.29, 0.717) is 12.1 Å². The zero-order valence-electron chi connectivity index (χ0n) is 10.4. The summed E-state index contributed by atoms with van der Waals surface area (Å²) < 4.78 is 0. The highest BCUT2D eigenvalue weighted by atomic mass is 15.3. The maximum atomic E-state index is 4.55. The van der Waals surface area contributed by atoms with E-state index in [1.54, 1.807) is 12.4 Å². The Labute approximate surface area is 107 Å². The monoisotopic (exact) mass is 237 g/mol. The van der Waals surface area contributed by atoms with Gasteiger partial charge in [-0.15, -0.1) is 0 Å². The van der Waals surface area contributed by atoms with Crippen LogP contribution in [0.25, 0.3) is 0 Å². The molecule has 0 aliphatic carbocycles. The van der Waals surface area contributed by atoms with Crippen LogP contribution in [0.1, 0.15) is 41.7 Å². The standard InChI is InChI=1S/C15H15N3/c1-10-15(17-9-8-16-10)18-13-6-7-14(18)12-5-3-2-4-11(12)13/h2-5,8-9,13-14H,6-7H2,1H3. The van der Waals surface area contributed by atoms with Gasteiger partial charge < -0.3 is 4.90 Å². The Hall–Kier alpha value is -1.90. The van der Waals surface area contributed by atoms with Gasteiger partial charge in [0.1, 0.15) is 0 Å². The lowest BCUT2D eigenvalue weighted by molar-refractivity contribution is 0.717. The highest BCUT2D eigenvalue weighted by molar-refractivity contribution is 5.57. The van der Waals surface area contributed by atoms with Gasteiger partial charge in [0.2, 0.25) is 0 Å². The zero-order chi connectivity index (χ0) is 12.1. The molecule has 2 bridgehead atoms.